The van der Waals surface area contributed by atoms with Gasteiger partial charge in [-0.3, -0.25) is 23.9 Å². The lowest BCUT2D eigenvalue weighted by atomic mass is 9.82. The third kappa shape index (κ3) is 9.32. The summed E-state index contributed by atoms with van der Waals surface area (Å²) in [4.78, 5) is 62.9. The molecular weight excluding hydrogens is 839 g/mol. The maximum atomic E-state index is 15.0. The molecule has 4 fully saturated rings. The minimum atomic E-state index is -4.76. The highest BCUT2D eigenvalue weighted by Gasteiger charge is 2.63. The van der Waals surface area contributed by atoms with Crippen LogP contribution in [0.15, 0.2) is 36.5 Å². The Morgan fingerprint density at radius 2 is 1.85 bits per heavy atom. The molecular formula is C44H55F4N3O10S. The number of carbonyl (C=O) groups excluding carboxylic acids is 4. The van der Waals surface area contributed by atoms with Gasteiger partial charge in [-0.05, 0) is 94.2 Å². The van der Waals surface area contributed by atoms with Crippen LogP contribution in [-0.4, -0.2) is 97.9 Å². The van der Waals surface area contributed by atoms with Crippen LogP contribution in [-0.2, 0) is 44.9 Å². The van der Waals surface area contributed by atoms with Crippen molar-refractivity contribution in [1.29, 1.82) is 0 Å². The average molecular weight is 894 g/mol. The van der Waals surface area contributed by atoms with E-state index in [1.165, 1.54) is 30.2 Å². The lowest BCUT2D eigenvalue weighted by Crippen LogP contribution is -2.48. The number of fused-ring (bicyclic) bond motifs is 3. The van der Waals surface area contributed by atoms with Gasteiger partial charge >= 0.3 is 12.1 Å². The smallest absolute Gasteiger partial charge is 0.418 e. The number of carbonyl (C=O) groups is 4. The topological polar surface area (TPSA) is 168 Å². The maximum absolute atomic E-state index is 15.0. The number of aromatic nitrogens is 1. The molecule has 1 unspecified atom stereocenters. The highest BCUT2D eigenvalue weighted by Crippen LogP contribution is 2.58. The summed E-state index contributed by atoms with van der Waals surface area (Å²) in [5.41, 5.74) is -3.42. The molecule has 13 nitrogen and oxygen atoms in total. The van der Waals surface area contributed by atoms with Crippen molar-refractivity contribution in [3.05, 3.63) is 42.1 Å². The minimum Gasteiger partial charge on any atom is -0.497 e. The molecule has 4 heterocycles. The van der Waals surface area contributed by atoms with Gasteiger partial charge in [0.2, 0.25) is 27.7 Å². The van der Waals surface area contributed by atoms with E-state index in [0.717, 1.165) is 0 Å². The zero-order chi connectivity index (χ0) is 44.8. The number of nitrogens with one attached hydrogen (secondary N) is 1. The predicted molar refractivity (Wildman–Crippen MR) is 217 cm³/mol. The molecule has 7 rings (SSSR count). The Bertz CT molecular complexity index is 2210. The summed E-state index contributed by atoms with van der Waals surface area (Å²) in [6, 6.07) is 2.81. The fourth-order valence-electron chi connectivity index (χ4n) is 9.52. The molecule has 62 heavy (non-hydrogen) atoms. The van der Waals surface area contributed by atoms with E-state index in [1.54, 1.807) is 6.92 Å². The zero-order valence-corrected chi connectivity index (χ0v) is 36.2. The zero-order valence-electron chi connectivity index (χ0n) is 35.4. The molecule has 2 aliphatic carbocycles. The predicted octanol–water partition coefficient (Wildman–Crippen LogP) is 6.66. The number of halogens is 4. The van der Waals surface area contributed by atoms with Crippen LogP contribution in [0.1, 0.15) is 97.0 Å². The summed E-state index contributed by atoms with van der Waals surface area (Å²) >= 11 is 0. The number of benzene rings is 1. The number of esters is 1. The first kappa shape index (κ1) is 45.7. The van der Waals surface area contributed by atoms with Gasteiger partial charge in [0.05, 0.1) is 49.6 Å². The lowest BCUT2D eigenvalue weighted by Gasteiger charge is -2.35. The summed E-state index contributed by atoms with van der Waals surface area (Å²) < 4.78 is 106. The number of alkyl halides is 4. The van der Waals surface area contributed by atoms with Crippen molar-refractivity contribution in [2.45, 2.75) is 120 Å². The number of ether oxygens (including phenoxy) is 4. The van der Waals surface area contributed by atoms with Crippen LogP contribution in [0.2, 0.25) is 0 Å². The number of nitrogens with zero attached hydrogens (tertiary/aromatic N) is 2. The van der Waals surface area contributed by atoms with E-state index in [4.69, 9.17) is 18.9 Å². The van der Waals surface area contributed by atoms with Gasteiger partial charge in [-0.2, -0.15) is 13.2 Å². The van der Waals surface area contributed by atoms with Crippen molar-refractivity contribution in [2.75, 3.05) is 33.5 Å². The Kier molecular flexibility index (Phi) is 12.8. The van der Waals surface area contributed by atoms with Crippen LogP contribution < -0.4 is 14.2 Å². The number of ketones is 1. The first-order valence-corrected chi connectivity index (χ1v) is 22.8. The molecule has 3 aliphatic heterocycles. The van der Waals surface area contributed by atoms with E-state index in [2.05, 4.69) is 9.71 Å². The molecule has 0 bridgehead atoms. The molecule has 1 aromatic carbocycles. The van der Waals surface area contributed by atoms with Crippen LogP contribution in [0.4, 0.5) is 17.6 Å². The Balaban J connectivity index is 1.23. The molecule has 8 atom stereocenters. The molecule has 0 radical (unpaired) electrons. The summed E-state index contributed by atoms with van der Waals surface area (Å²) in [5, 5.41) is -0.228. The van der Waals surface area contributed by atoms with Crippen LogP contribution in [0.25, 0.3) is 10.8 Å². The van der Waals surface area contributed by atoms with E-state index in [0.29, 0.717) is 44.9 Å². The molecule has 18 heteroatoms. The molecule has 2 saturated carbocycles. The highest BCUT2D eigenvalue weighted by molar-refractivity contribution is 7.91. The monoisotopic (exact) mass is 893 g/mol. The Hall–Kier alpha value is -4.32. The fourth-order valence-corrected chi connectivity index (χ4v) is 11.0. The van der Waals surface area contributed by atoms with Crippen molar-refractivity contribution in [2.24, 2.45) is 29.1 Å². The number of rotatable bonds is 10. The maximum Gasteiger partial charge on any atom is 0.418 e. The Labute approximate surface area is 358 Å². The lowest BCUT2D eigenvalue weighted by molar-refractivity contribution is -0.174. The standard InChI is InChI=1S/C44H55F4N3O10S/c1-26-8-5-6-9-28-20-43(28,40(55)50-62(56,57)42(24-45)13-14-42)21-36(52)35-18-30(60-38-31-11-10-29(58-4)17-33(31)34(22-49-38)44(46,47)48)23-51(35)39(54)32(27(2)16-26)19-37(53)61-41(3)12-7-15-59-25-41/h6,9-11,17,22,26-28,30,32,35H,5,7-8,12-16,18-21,23-25H2,1-4H3,(H,50,55)/b9-6-/t26-,27+,28+,30+,32-,35-,41?,43+/m0/s1. The Morgan fingerprint density at radius 1 is 1.10 bits per heavy atom. The number of pyridine rings is 1. The van der Waals surface area contributed by atoms with Gasteiger partial charge < -0.3 is 23.8 Å². The summed E-state index contributed by atoms with van der Waals surface area (Å²) in [7, 11) is -3.11. The van der Waals surface area contributed by atoms with Gasteiger partial charge in [0.25, 0.3) is 0 Å². The first-order chi connectivity index (χ1) is 29.2. The molecule has 340 valence electrons. The normalized spacial score (nSPS) is 32.1. The first-order valence-electron chi connectivity index (χ1n) is 21.4. The van der Waals surface area contributed by atoms with Crippen molar-refractivity contribution >= 4 is 44.4 Å². The number of sulfonamides is 1. The number of hydrogen-bond donors (Lipinski definition) is 1. The third-order valence-electron chi connectivity index (χ3n) is 13.6. The van der Waals surface area contributed by atoms with E-state index >= 15 is 4.79 Å². The molecule has 2 saturated heterocycles. The van der Waals surface area contributed by atoms with Crippen molar-refractivity contribution in [3.8, 4) is 11.6 Å². The van der Waals surface area contributed by atoms with Crippen LogP contribution in [0.5, 0.6) is 11.6 Å². The highest BCUT2D eigenvalue weighted by atomic mass is 32.2. The number of allylic oxidation sites excluding steroid dienone is 2. The number of amides is 2. The second kappa shape index (κ2) is 17.3. The second-order valence-corrected chi connectivity index (χ2v) is 20.5. The van der Waals surface area contributed by atoms with E-state index in [9.17, 15) is 40.4 Å². The van der Waals surface area contributed by atoms with E-state index in [-0.39, 0.29) is 79.5 Å². The van der Waals surface area contributed by atoms with Gasteiger partial charge in [0.15, 0.2) is 5.78 Å². The molecule has 5 aliphatic rings. The summed E-state index contributed by atoms with van der Waals surface area (Å²) in [6.07, 6.45) is 1.03. The SMILES string of the molecule is COc1ccc2c(O[C@@H]3C[C@H]4C(=O)C[C@]5(C(=O)NS(=O)(=O)C6(CF)CC6)C[C@H]5/C=C\CC[C@H](C)C[C@@H](C)[C@H](CC(=O)OC5(C)CCCOC5)C(=O)N4C3)ncc(C(F)(F)F)c2c1. The van der Waals surface area contributed by atoms with Crippen molar-refractivity contribution in [3.63, 3.8) is 0 Å². The molecule has 1 aromatic heterocycles. The van der Waals surface area contributed by atoms with Crippen LogP contribution in [0, 0.1) is 29.1 Å². The van der Waals surface area contributed by atoms with Gasteiger partial charge in [0.1, 0.15) is 28.9 Å². The van der Waals surface area contributed by atoms with Crippen molar-refractivity contribution < 1.29 is 64.1 Å². The minimum absolute atomic E-state index is 0.0114. The third-order valence-corrected chi connectivity index (χ3v) is 15.7. The molecule has 1 N–H and O–H groups in total. The van der Waals surface area contributed by atoms with Gasteiger partial charge in [-0.15, -0.1) is 0 Å². The van der Waals surface area contributed by atoms with Gasteiger partial charge in [-0.1, -0.05) is 26.0 Å². The van der Waals surface area contributed by atoms with Crippen LogP contribution >= 0.6 is 0 Å². The Morgan fingerprint density at radius 3 is 2.52 bits per heavy atom. The summed E-state index contributed by atoms with van der Waals surface area (Å²) in [5.74, 6) is -4.43. The van der Waals surface area contributed by atoms with Gasteiger partial charge in [-0.25, -0.2) is 17.8 Å². The molecule has 2 amide bonds. The largest absolute Gasteiger partial charge is 0.497 e. The average Bonchev–Trinajstić information content (AvgIpc) is 4.12. The summed E-state index contributed by atoms with van der Waals surface area (Å²) in [6.45, 7) is 5.03. The molecule has 0 spiro atoms. The fraction of sp³-hybridized carbons (Fsp3) is 0.659. The van der Waals surface area contributed by atoms with E-state index < -0.39 is 98.2 Å². The number of Topliss-reactive ketones (excluding diaryl/α,β-unsaturated/α-hetero) is 1. The second-order valence-electron chi connectivity index (χ2n) is 18.4. The van der Waals surface area contributed by atoms with E-state index in [1.807, 2.05) is 26.0 Å². The van der Waals surface area contributed by atoms with Crippen LogP contribution in [0.3, 0.4) is 0 Å². The quantitative estimate of drug-likeness (QED) is 0.154. The number of hydrogen-bond acceptors (Lipinski definition) is 11. The van der Waals surface area contributed by atoms with Crippen molar-refractivity contribution in [1.82, 2.24) is 14.6 Å². The van der Waals surface area contributed by atoms with Gasteiger partial charge in [0, 0.05) is 36.4 Å². The number of methoxy groups -OCH3 is 1. The molecule has 2 aromatic rings.